The summed E-state index contributed by atoms with van der Waals surface area (Å²) in [6, 6.07) is -0.417. The first-order valence-electron chi connectivity index (χ1n) is 21.8. The first kappa shape index (κ1) is 43.5. The van der Waals surface area contributed by atoms with Crippen molar-refractivity contribution in [2.45, 2.75) is 127 Å². The molecule has 0 aromatic carbocycles. The second-order valence-electron chi connectivity index (χ2n) is 17.3. The number of allylic oxidation sites excluding steroid dienone is 8. The van der Waals surface area contributed by atoms with Crippen LogP contribution in [0.1, 0.15) is 139 Å². The van der Waals surface area contributed by atoms with Crippen molar-refractivity contribution >= 4 is 41.5 Å². The van der Waals surface area contributed by atoms with E-state index in [1.807, 2.05) is 13.0 Å². The van der Waals surface area contributed by atoms with Crippen molar-refractivity contribution in [2.24, 2.45) is 23.7 Å². The summed E-state index contributed by atoms with van der Waals surface area (Å²) in [4.78, 5) is 48.7. The Bertz CT molecular complexity index is 2320. The number of fused-ring (bicyclic) bond motifs is 8. The van der Waals surface area contributed by atoms with Gasteiger partial charge in [-0.1, -0.05) is 56.6 Å². The summed E-state index contributed by atoms with van der Waals surface area (Å²) in [5, 5.41) is 9.04. The van der Waals surface area contributed by atoms with Gasteiger partial charge in [0.2, 0.25) is 0 Å². The second kappa shape index (κ2) is 18.5. The summed E-state index contributed by atoms with van der Waals surface area (Å²) in [6.45, 7) is 21.7. The summed E-state index contributed by atoms with van der Waals surface area (Å²) >= 11 is 0. The molecule has 8 bridgehead atoms. The summed E-state index contributed by atoms with van der Waals surface area (Å²) in [7, 11) is 1.34. The monoisotopic (exact) mass is 803 g/mol. The minimum atomic E-state index is -1.09. The Hall–Kier alpha value is -5.05. The molecule has 0 radical (unpaired) electrons. The number of ketones is 1. The van der Waals surface area contributed by atoms with Gasteiger partial charge >= 0.3 is 11.9 Å². The van der Waals surface area contributed by atoms with Crippen LogP contribution in [0.5, 0.6) is 0 Å². The molecule has 0 spiro atoms. The zero-order chi connectivity index (χ0) is 42.7. The van der Waals surface area contributed by atoms with Crippen LogP contribution < -0.4 is 21.3 Å². The Morgan fingerprint density at radius 3 is 2.20 bits per heavy atom. The molecule has 5 atom stereocenters. The predicted octanol–water partition coefficient (Wildman–Crippen LogP) is 8.70. The van der Waals surface area contributed by atoms with Gasteiger partial charge in [0, 0.05) is 57.6 Å². The standard InChI is InChI=1S/C50H66N4O5/c1-12-34-30(7)37-24-39-32(9)36(20-21-43(55)59-23-22-29(6)19-15-18-28(5)17-14-16-27(3)4)47(53-39)45-46(50(57)58-11)49(56)44-33(10)40(54-48(44)45)26-42-35(13-2)31(8)38(52-42)25-41(34)51-37/h16,18,22,24-26,31-32,36,46-47,51-54H,12-15,17,19-21,23H2,1-11H3/b28-18+,29-22+,38-25-,39-24-,40-26-/t31-,32+,36+,46+,47+/m1/s1. The van der Waals surface area contributed by atoms with Crippen LogP contribution in [0, 0.1) is 37.5 Å². The van der Waals surface area contributed by atoms with E-state index in [9.17, 15) is 14.4 Å². The van der Waals surface area contributed by atoms with Crippen molar-refractivity contribution in [3.05, 3.63) is 102 Å². The van der Waals surface area contributed by atoms with Crippen molar-refractivity contribution in [2.75, 3.05) is 13.7 Å². The molecule has 0 unspecified atom stereocenters. The highest BCUT2D eigenvalue weighted by Gasteiger charge is 2.49. The first-order valence-corrected chi connectivity index (χ1v) is 21.8. The van der Waals surface area contributed by atoms with Crippen LogP contribution in [0.2, 0.25) is 0 Å². The van der Waals surface area contributed by atoms with Gasteiger partial charge in [-0.05, 0) is 145 Å². The molecule has 4 aliphatic rings. The number of carbonyl (C=O) groups is 3. The smallest absolute Gasteiger partial charge is 0.320 e. The van der Waals surface area contributed by atoms with Gasteiger partial charge in [0.05, 0.1) is 18.5 Å². The summed E-state index contributed by atoms with van der Waals surface area (Å²) < 4.78 is 11.1. The Kier molecular flexibility index (Phi) is 13.6. The van der Waals surface area contributed by atoms with Crippen LogP contribution in [0.4, 0.5) is 0 Å². The molecule has 9 nitrogen and oxygen atoms in total. The molecule has 9 heteroatoms. The average molecular weight is 803 g/mol. The summed E-state index contributed by atoms with van der Waals surface area (Å²) in [6.07, 6.45) is 19.6. The predicted molar refractivity (Wildman–Crippen MR) is 238 cm³/mol. The fourth-order valence-corrected chi connectivity index (χ4v) is 9.62. The number of Topliss-reactive ketones (excluding diaryl/α,β-unsaturated/α-hetero) is 1. The lowest BCUT2D eigenvalue weighted by Gasteiger charge is -2.25. The van der Waals surface area contributed by atoms with E-state index < -0.39 is 17.9 Å². The highest BCUT2D eigenvalue weighted by atomic mass is 16.5. The Balaban J connectivity index is 1.33. The highest BCUT2D eigenvalue weighted by Crippen LogP contribution is 2.43. The Labute approximate surface area is 351 Å². The van der Waals surface area contributed by atoms with Gasteiger partial charge < -0.3 is 30.1 Å². The Morgan fingerprint density at radius 2 is 1.53 bits per heavy atom. The lowest BCUT2D eigenvalue weighted by Crippen LogP contribution is -2.38. The zero-order valence-corrected chi connectivity index (χ0v) is 37.3. The highest BCUT2D eigenvalue weighted by molar-refractivity contribution is 6.19. The molecule has 1 saturated heterocycles. The van der Waals surface area contributed by atoms with E-state index in [4.69, 9.17) is 9.47 Å². The molecule has 4 N–H and O–H groups in total. The number of aromatic nitrogens is 2. The molecule has 316 valence electrons. The maximum Gasteiger partial charge on any atom is 0.320 e. The van der Waals surface area contributed by atoms with Gasteiger partial charge in [0.1, 0.15) is 12.5 Å². The van der Waals surface area contributed by atoms with Crippen LogP contribution in [-0.2, 0) is 25.5 Å². The maximum absolute atomic E-state index is 14.4. The van der Waals surface area contributed by atoms with Crippen molar-refractivity contribution < 1.29 is 23.9 Å². The van der Waals surface area contributed by atoms with E-state index in [0.717, 1.165) is 77.9 Å². The number of ether oxygens (including phenoxy) is 2. The topological polar surface area (TPSA) is 125 Å². The van der Waals surface area contributed by atoms with Gasteiger partial charge in [-0.25, -0.2) is 0 Å². The third-order valence-corrected chi connectivity index (χ3v) is 13.2. The van der Waals surface area contributed by atoms with Crippen LogP contribution >= 0.6 is 0 Å². The maximum atomic E-state index is 14.4. The largest absolute Gasteiger partial charge is 0.468 e. The minimum absolute atomic E-state index is 0.0271. The number of H-pyrrole nitrogens is 2. The lowest BCUT2D eigenvalue weighted by atomic mass is 9.80. The SMILES string of the molecule is CCC1=C2/C=c3\[nH]c4c(c3C)C(=O)[C@@H](C(=O)OC)C=4[C@H]3N/C(=C\c4[nH]c(c(CC)c4C)/C=C(\N2)[C@@H]1C)[C@@H](C)[C@@H]3CCC(=O)OC/C=C(\C)CC/C=C(\C)CCC=C(C)C. The number of esters is 2. The van der Waals surface area contributed by atoms with Gasteiger partial charge in [-0.2, -0.15) is 0 Å². The molecule has 1 aliphatic carbocycles. The van der Waals surface area contributed by atoms with E-state index in [1.165, 1.54) is 40.5 Å². The molecular weight excluding hydrogens is 737 g/mol. The number of hydrogen-bond acceptors (Lipinski definition) is 7. The molecule has 5 heterocycles. The van der Waals surface area contributed by atoms with E-state index in [-0.39, 0.29) is 42.5 Å². The quantitative estimate of drug-likeness (QED) is 0.0856. The third kappa shape index (κ3) is 8.95. The number of carbonyl (C=O) groups excluding carboxylic acids is 3. The zero-order valence-electron chi connectivity index (χ0n) is 37.3. The Morgan fingerprint density at radius 1 is 0.831 bits per heavy atom. The third-order valence-electron chi connectivity index (χ3n) is 13.2. The molecule has 3 aliphatic heterocycles. The van der Waals surface area contributed by atoms with E-state index in [2.05, 4.69) is 113 Å². The van der Waals surface area contributed by atoms with E-state index in [0.29, 0.717) is 22.9 Å². The number of methoxy groups -OCH3 is 1. The van der Waals surface area contributed by atoms with Crippen molar-refractivity contribution in [1.82, 2.24) is 20.6 Å². The van der Waals surface area contributed by atoms with Gasteiger partial charge in [0.15, 0.2) is 5.78 Å². The lowest BCUT2D eigenvalue weighted by molar-refractivity contribution is -0.143. The summed E-state index contributed by atoms with van der Waals surface area (Å²) in [5.74, 6) is -2.15. The van der Waals surface area contributed by atoms with Crippen LogP contribution in [-0.4, -0.2) is 47.4 Å². The van der Waals surface area contributed by atoms with Crippen LogP contribution in [0.3, 0.4) is 0 Å². The molecule has 6 rings (SSSR count). The molecule has 0 amide bonds. The van der Waals surface area contributed by atoms with Crippen LogP contribution in [0.25, 0.3) is 23.8 Å². The molecule has 2 aromatic rings. The number of aromatic amines is 2. The first-order chi connectivity index (χ1) is 28.2. The van der Waals surface area contributed by atoms with Crippen molar-refractivity contribution in [3.63, 3.8) is 0 Å². The molecule has 59 heavy (non-hydrogen) atoms. The second-order valence-corrected chi connectivity index (χ2v) is 17.3. The molecule has 2 aromatic heterocycles. The van der Waals surface area contributed by atoms with Crippen LogP contribution in [0.15, 0.2) is 57.6 Å². The average Bonchev–Trinajstić information content (AvgIpc) is 3.94. The minimum Gasteiger partial charge on any atom is -0.468 e. The van der Waals surface area contributed by atoms with Gasteiger partial charge in [-0.3, -0.25) is 14.4 Å². The van der Waals surface area contributed by atoms with Crippen molar-refractivity contribution in [3.8, 4) is 0 Å². The fourth-order valence-electron chi connectivity index (χ4n) is 9.62. The van der Waals surface area contributed by atoms with Gasteiger partial charge in [0.25, 0.3) is 0 Å². The van der Waals surface area contributed by atoms with E-state index in [1.54, 1.807) is 0 Å². The molecular formula is C50H66N4O5. The molecule has 0 saturated carbocycles. The summed E-state index contributed by atoms with van der Waals surface area (Å²) in [5.41, 5.74) is 15.0. The fraction of sp³-hybridized carbons (Fsp3) is 0.500. The number of hydrogen-bond donors (Lipinski definition) is 4. The van der Waals surface area contributed by atoms with E-state index >= 15 is 0 Å². The number of nitrogens with one attached hydrogen (secondary N) is 4. The van der Waals surface area contributed by atoms with Gasteiger partial charge in [-0.15, -0.1) is 0 Å². The normalized spacial score (nSPS) is 24.8. The number of rotatable bonds is 14. The van der Waals surface area contributed by atoms with Crippen molar-refractivity contribution in [1.29, 1.82) is 0 Å². The molecule has 1 fully saturated rings.